The SMILES string of the molecule is c1ccc(-c2nc(-c3cc(N(c4ccccc4)c4ccc5ccccc5c4)cc4oc5ccccc5c34)nc3c2oc2ccccc23)cc1. The molecule has 0 unspecified atom stereocenters. The van der Waals surface area contributed by atoms with Crippen molar-refractivity contribution in [3.05, 3.63) is 164 Å². The Balaban J connectivity index is 1.30. The Morgan fingerprint density at radius 3 is 1.94 bits per heavy atom. The molecule has 0 radical (unpaired) electrons. The average molecular weight is 630 g/mol. The van der Waals surface area contributed by atoms with Crippen molar-refractivity contribution >= 4 is 71.8 Å². The van der Waals surface area contributed by atoms with Crippen LogP contribution in [-0.4, -0.2) is 9.97 Å². The third-order valence-electron chi connectivity index (χ3n) is 9.23. The zero-order chi connectivity index (χ0) is 32.3. The topological polar surface area (TPSA) is 55.3 Å². The predicted molar refractivity (Wildman–Crippen MR) is 200 cm³/mol. The van der Waals surface area contributed by atoms with E-state index >= 15 is 0 Å². The van der Waals surface area contributed by atoms with Crippen LogP contribution in [0.3, 0.4) is 0 Å². The Kier molecular flexibility index (Phi) is 6.11. The van der Waals surface area contributed by atoms with Crippen LogP contribution < -0.4 is 4.90 Å². The van der Waals surface area contributed by atoms with Crippen LogP contribution in [0.15, 0.2) is 173 Å². The molecule has 0 aliphatic heterocycles. The first-order valence-corrected chi connectivity index (χ1v) is 16.3. The van der Waals surface area contributed by atoms with E-state index in [-0.39, 0.29) is 0 Å². The number of rotatable bonds is 5. The summed E-state index contributed by atoms with van der Waals surface area (Å²) in [5, 5.41) is 5.29. The lowest BCUT2D eigenvalue weighted by atomic mass is 10.0. The van der Waals surface area contributed by atoms with Crippen molar-refractivity contribution in [2.45, 2.75) is 0 Å². The molecule has 7 aromatic carbocycles. The fourth-order valence-electron chi connectivity index (χ4n) is 6.99. The van der Waals surface area contributed by atoms with Gasteiger partial charge in [-0.2, -0.15) is 0 Å². The van der Waals surface area contributed by atoms with Crippen molar-refractivity contribution in [3.8, 4) is 22.6 Å². The molecule has 49 heavy (non-hydrogen) atoms. The third-order valence-corrected chi connectivity index (χ3v) is 9.23. The third kappa shape index (κ3) is 4.48. The highest BCUT2D eigenvalue weighted by atomic mass is 16.3. The predicted octanol–water partition coefficient (Wildman–Crippen LogP) is 12.2. The first-order valence-electron chi connectivity index (χ1n) is 16.3. The lowest BCUT2D eigenvalue weighted by Gasteiger charge is -2.26. The zero-order valence-corrected chi connectivity index (χ0v) is 26.2. The standard InChI is InChI=1S/C44H27N3O2/c1-3-14-29(15-4-1)41-43-42(35-20-10-12-22-38(35)49-43)46-44(45-41)36-26-33(27-39-40(36)34-19-9-11-21-37(34)48-39)47(31-17-5-2-6-18-31)32-24-23-28-13-7-8-16-30(28)25-32/h1-27H. The Labute approximate surface area is 281 Å². The summed E-state index contributed by atoms with van der Waals surface area (Å²) >= 11 is 0. The quantitative estimate of drug-likeness (QED) is 0.190. The Morgan fingerprint density at radius 2 is 1.12 bits per heavy atom. The Morgan fingerprint density at radius 1 is 0.449 bits per heavy atom. The molecule has 230 valence electrons. The van der Waals surface area contributed by atoms with Gasteiger partial charge in [0, 0.05) is 44.7 Å². The van der Waals surface area contributed by atoms with Crippen molar-refractivity contribution in [3.63, 3.8) is 0 Å². The van der Waals surface area contributed by atoms with Gasteiger partial charge in [0.1, 0.15) is 28.0 Å². The minimum atomic E-state index is 0.600. The molecule has 0 atom stereocenters. The van der Waals surface area contributed by atoms with Gasteiger partial charge in [0.05, 0.1) is 5.69 Å². The average Bonchev–Trinajstić information content (AvgIpc) is 3.73. The smallest absolute Gasteiger partial charge is 0.180 e. The van der Waals surface area contributed by atoms with E-state index in [2.05, 4.69) is 108 Å². The van der Waals surface area contributed by atoms with E-state index in [0.717, 1.165) is 72.3 Å². The van der Waals surface area contributed by atoms with Gasteiger partial charge in [0.2, 0.25) is 0 Å². The van der Waals surface area contributed by atoms with Crippen molar-refractivity contribution in [2.24, 2.45) is 0 Å². The van der Waals surface area contributed by atoms with Crippen LogP contribution >= 0.6 is 0 Å². The van der Waals surface area contributed by atoms with Crippen LogP contribution in [0.5, 0.6) is 0 Å². The fraction of sp³-hybridized carbons (Fsp3) is 0. The largest absolute Gasteiger partial charge is 0.456 e. The molecule has 0 spiro atoms. The Hall–Kier alpha value is -6.72. The van der Waals surface area contributed by atoms with E-state index in [1.54, 1.807) is 0 Å². The van der Waals surface area contributed by atoms with E-state index in [0.29, 0.717) is 11.4 Å². The number of hydrogen-bond donors (Lipinski definition) is 0. The van der Waals surface area contributed by atoms with Crippen molar-refractivity contribution in [1.82, 2.24) is 9.97 Å². The zero-order valence-electron chi connectivity index (χ0n) is 26.2. The molecule has 0 amide bonds. The second kappa shape index (κ2) is 10.9. The molecule has 0 fully saturated rings. The van der Waals surface area contributed by atoms with Crippen LogP contribution in [-0.2, 0) is 0 Å². The van der Waals surface area contributed by atoms with Gasteiger partial charge in [0.15, 0.2) is 11.4 Å². The van der Waals surface area contributed by atoms with Crippen molar-refractivity contribution < 1.29 is 8.83 Å². The van der Waals surface area contributed by atoms with Gasteiger partial charge in [-0.3, -0.25) is 0 Å². The van der Waals surface area contributed by atoms with Crippen LogP contribution in [0.1, 0.15) is 0 Å². The van der Waals surface area contributed by atoms with Crippen LogP contribution in [0.25, 0.3) is 77.4 Å². The number of hydrogen-bond acceptors (Lipinski definition) is 5. The first-order chi connectivity index (χ1) is 24.3. The summed E-state index contributed by atoms with van der Waals surface area (Å²) < 4.78 is 13.0. The Bertz CT molecular complexity index is 2840. The van der Waals surface area contributed by atoms with Crippen LogP contribution in [0, 0.1) is 0 Å². The second-order valence-electron chi connectivity index (χ2n) is 12.2. The lowest BCUT2D eigenvalue weighted by Crippen LogP contribution is -2.10. The van der Waals surface area contributed by atoms with Crippen LogP contribution in [0.2, 0.25) is 0 Å². The van der Waals surface area contributed by atoms with Gasteiger partial charge >= 0.3 is 0 Å². The molecule has 10 rings (SSSR count). The highest BCUT2D eigenvalue weighted by molar-refractivity contribution is 6.14. The number of benzene rings is 7. The summed E-state index contributed by atoms with van der Waals surface area (Å²) in [6.07, 6.45) is 0. The molecule has 0 bridgehead atoms. The minimum absolute atomic E-state index is 0.600. The van der Waals surface area contributed by atoms with Gasteiger partial charge in [-0.05, 0) is 59.3 Å². The first kappa shape index (κ1) is 27.4. The number of nitrogens with zero attached hydrogens (tertiary/aromatic N) is 3. The number of fused-ring (bicyclic) bond motifs is 7. The summed E-state index contributed by atoms with van der Waals surface area (Å²) in [7, 11) is 0. The van der Waals surface area contributed by atoms with Gasteiger partial charge < -0.3 is 13.7 Å². The molecular weight excluding hydrogens is 603 g/mol. The summed E-state index contributed by atoms with van der Waals surface area (Å²) in [6, 6.07) is 56.2. The summed E-state index contributed by atoms with van der Waals surface area (Å²) in [5.41, 5.74) is 9.38. The molecule has 5 nitrogen and oxygen atoms in total. The van der Waals surface area contributed by atoms with Gasteiger partial charge in [0.25, 0.3) is 0 Å². The van der Waals surface area contributed by atoms with Gasteiger partial charge in [-0.15, -0.1) is 0 Å². The molecule has 5 heteroatoms. The number of aromatic nitrogens is 2. The molecule has 0 aliphatic carbocycles. The van der Waals surface area contributed by atoms with Gasteiger partial charge in [-0.1, -0.05) is 109 Å². The fourth-order valence-corrected chi connectivity index (χ4v) is 6.99. The molecule has 10 aromatic rings. The number of furan rings is 2. The molecule has 3 aromatic heterocycles. The molecule has 0 N–H and O–H groups in total. The summed E-state index contributed by atoms with van der Waals surface area (Å²) in [6.45, 7) is 0. The summed E-state index contributed by atoms with van der Waals surface area (Å²) in [5.74, 6) is 0.600. The van der Waals surface area contributed by atoms with Crippen molar-refractivity contribution in [2.75, 3.05) is 4.90 Å². The lowest BCUT2D eigenvalue weighted by molar-refractivity contribution is 0.667. The van der Waals surface area contributed by atoms with E-state index in [4.69, 9.17) is 18.8 Å². The minimum Gasteiger partial charge on any atom is -0.456 e. The van der Waals surface area contributed by atoms with Crippen LogP contribution in [0.4, 0.5) is 17.1 Å². The maximum Gasteiger partial charge on any atom is 0.180 e. The molecule has 0 saturated heterocycles. The van der Waals surface area contributed by atoms with E-state index in [1.807, 2.05) is 60.7 Å². The summed E-state index contributed by atoms with van der Waals surface area (Å²) in [4.78, 5) is 12.8. The molecule has 0 aliphatic rings. The van der Waals surface area contributed by atoms with E-state index < -0.39 is 0 Å². The highest BCUT2D eigenvalue weighted by Crippen LogP contribution is 2.44. The maximum atomic E-state index is 6.60. The number of para-hydroxylation sites is 3. The molecule has 3 heterocycles. The normalized spacial score (nSPS) is 11.7. The molecular formula is C44H27N3O2. The van der Waals surface area contributed by atoms with Gasteiger partial charge in [-0.25, -0.2) is 9.97 Å². The molecule has 0 saturated carbocycles. The number of anilines is 3. The second-order valence-corrected chi connectivity index (χ2v) is 12.2. The maximum absolute atomic E-state index is 6.60. The van der Waals surface area contributed by atoms with Crippen molar-refractivity contribution in [1.29, 1.82) is 0 Å². The van der Waals surface area contributed by atoms with E-state index in [9.17, 15) is 0 Å². The highest BCUT2D eigenvalue weighted by Gasteiger charge is 2.23. The monoisotopic (exact) mass is 629 g/mol. The van der Waals surface area contributed by atoms with E-state index in [1.165, 1.54) is 10.8 Å².